The zero-order chi connectivity index (χ0) is 16.2. The molecule has 0 bridgehead atoms. The highest BCUT2D eigenvalue weighted by molar-refractivity contribution is 5.70. The zero-order valence-corrected chi connectivity index (χ0v) is 14.7. The topological polar surface area (TPSA) is 37.3 Å². The molecule has 0 spiro atoms. The number of aliphatic carboxylic acids is 1. The minimum Gasteiger partial charge on any atom is -0.481 e. The quantitative estimate of drug-likeness (QED) is 0.344. The summed E-state index contributed by atoms with van der Waals surface area (Å²) in [6, 6.07) is 0. The molecule has 2 nitrogen and oxygen atoms in total. The largest absolute Gasteiger partial charge is 0.481 e. The van der Waals surface area contributed by atoms with Crippen LogP contribution in [0.3, 0.4) is 0 Å². The summed E-state index contributed by atoms with van der Waals surface area (Å²) in [6.45, 7) is 4.44. The van der Waals surface area contributed by atoms with Gasteiger partial charge in [0.25, 0.3) is 0 Å². The molecule has 22 heavy (non-hydrogen) atoms. The lowest BCUT2D eigenvalue weighted by Crippen LogP contribution is -2.25. The number of allylic oxidation sites excluding steroid dienone is 2. The third kappa shape index (κ3) is 7.47. The van der Waals surface area contributed by atoms with Crippen molar-refractivity contribution in [1.29, 1.82) is 0 Å². The molecule has 0 saturated carbocycles. The molecule has 0 saturated heterocycles. The first-order chi connectivity index (χ1) is 10.7. The Morgan fingerprint density at radius 2 is 1.68 bits per heavy atom. The van der Waals surface area contributed by atoms with Crippen LogP contribution in [0.5, 0.6) is 0 Å². The summed E-state index contributed by atoms with van der Waals surface area (Å²) in [5.41, 5.74) is 0. The van der Waals surface area contributed by atoms with Gasteiger partial charge in [-0.2, -0.15) is 0 Å². The number of hydrogen-bond donors (Lipinski definition) is 1. The molecule has 0 radical (unpaired) electrons. The van der Waals surface area contributed by atoms with Crippen molar-refractivity contribution in [3.8, 4) is 0 Å². The SMILES string of the molecule is CCCCCCC1C=CC(C(CCCCCC)C(=O)O)CC1. The third-order valence-corrected chi connectivity index (χ3v) is 5.13. The van der Waals surface area contributed by atoms with Gasteiger partial charge in [0.05, 0.1) is 5.92 Å². The van der Waals surface area contributed by atoms with Crippen molar-refractivity contribution in [3.05, 3.63) is 12.2 Å². The first-order valence-corrected chi connectivity index (χ1v) is 9.60. The summed E-state index contributed by atoms with van der Waals surface area (Å²) in [4.78, 5) is 11.6. The highest BCUT2D eigenvalue weighted by Gasteiger charge is 2.28. The molecule has 128 valence electrons. The molecule has 0 aromatic carbocycles. The maximum Gasteiger partial charge on any atom is 0.307 e. The molecule has 0 aromatic rings. The molecule has 2 heteroatoms. The lowest BCUT2D eigenvalue weighted by Gasteiger charge is -2.27. The van der Waals surface area contributed by atoms with Gasteiger partial charge in [-0.3, -0.25) is 4.79 Å². The van der Waals surface area contributed by atoms with Crippen LogP contribution in [0.25, 0.3) is 0 Å². The van der Waals surface area contributed by atoms with Crippen molar-refractivity contribution >= 4 is 5.97 Å². The normalized spacial score (nSPS) is 22.6. The van der Waals surface area contributed by atoms with Gasteiger partial charge in [0.15, 0.2) is 0 Å². The highest BCUT2D eigenvalue weighted by atomic mass is 16.4. The smallest absolute Gasteiger partial charge is 0.307 e. The Labute approximate surface area is 137 Å². The van der Waals surface area contributed by atoms with Crippen molar-refractivity contribution < 1.29 is 9.90 Å². The summed E-state index contributed by atoms with van der Waals surface area (Å²) in [6.07, 6.45) is 18.9. The van der Waals surface area contributed by atoms with Crippen LogP contribution in [0, 0.1) is 17.8 Å². The van der Waals surface area contributed by atoms with Crippen LogP contribution >= 0.6 is 0 Å². The molecule has 1 N–H and O–H groups in total. The van der Waals surface area contributed by atoms with Crippen LogP contribution in [-0.4, -0.2) is 11.1 Å². The minimum absolute atomic E-state index is 0.158. The summed E-state index contributed by atoms with van der Waals surface area (Å²) < 4.78 is 0. The van der Waals surface area contributed by atoms with Crippen LogP contribution in [-0.2, 0) is 4.79 Å². The molecule has 3 unspecified atom stereocenters. The number of carboxylic acids is 1. The molecule has 0 fully saturated rings. The van der Waals surface area contributed by atoms with E-state index in [9.17, 15) is 9.90 Å². The molecule has 0 amide bonds. The average molecular weight is 309 g/mol. The second-order valence-corrected chi connectivity index (χ2v) is 7.03. The summed E-state index contributed by atoms with van der Waals surface area (Å²) in [7, 11) is 0. The Morgan fingerprint density at radius 3 is 2.23 bits per heavy atom. The molecule has 1 rings (SSSR count). The lowest BCUT2D eigenvalue weighted by atomic mass is 9.77. The van der Waals surface area contributed by atoms with Gasteiger partial charge in [-0.05, 0) is 37.5 Å². The Bertz CT molecular complexity index is 322. The predicted octanol–water partition coefficient (Wildman–Crippen LogP) is 6.21. The van der Waals surface area contributed by atoms with E-state index in [0.717, 1.165) is 19.3 Å². The molecule has 0 aliphatic heterocycles. The Balaban J connectivity index is 2.35. The molecule has 1 aliphatic rings. The van der Waals surface area contributed by atoms with Gasteiger partial charge in [0.2, 0.25) is 0 Å². The van der Waals surface area contributed by atoms with E-state index in [-0.39, 0.29) is 11.8 Å². The summed E-state index contributed by atoms with van der Waals surface area (Å²) in [5, 5.41) is 9.51. The number of hydrogen-bond acceptors (Lipinski definition) is 1. The van der Waals surface area contributed by atoms with Crippen molar-refractivity contribution in [1.82, 2.24) is 0 Å². The molecule has 0 heterocycles. The maximum absolute atomic E-state index is 11.6. The van der Waals surface area contributed by atoms with E-state index in [1.54, 1.807) is 0 Å². The van der Waals surface area contributed by atoms with Crippen LogP contribution in [0.2, 0.25) is 0 Å². The van der Waals surface area contributed by atoms with E-state index < -0.39 is 5.97 Å². The van der Waals surface area contributed by atoms with Crippen molar-refractivity contribution in [2.45, 2.75) is 90.9 Å². The van der Waals surface area contributed by atoms with E-state index in [1.165, 1.54) is 57.8 Å². The number of carboxylic acid groups (broad SMARTS) is 1. The van der Waals surface area contributed by atoms with Gasteiger partial charge in [0.1, 0.15) is 0 Å². The lowest BCUT2D eigenvalue weighted by molar-refractivity contribution is -0.143. The van der Waals surface area contributed by atoms with Crippen LogP contribution in [0.1, 0.15) is 90.9 Å². The molecular formula is C20H36O2. The van der Waals surface area contributed by atoms with Crippen molar-refractivity contribution in [2.75, 3.05) is 0 Å². The fourth-order valence-electron chi connectivity index (χ4n) is 3.62. The molecule has 1 aliphatic carbocycles. The van der Waals surface area contributed by atoms with E-state index in [0.29, 0.717) is 5.92 Å². The summed E-state index contributed by atoms with van der Waals surface area (Å²) >= 11 is 0. The Kier molecular flexibility index (Phi) is 10.3. The van der Waals surface area contributed by atoms with Crippen LogP contribution in [0.4, 0.5) is 0 Å². The van der Waals surface area contributed by atoms with Crippen LogP contribution < -0.4 is 0 Å². The molecule has 0 aromatic heterocycles. The monoisotopic (exact) mass is 308 g/mol. The van der Waals surface area contributed by atoms with E-state index in [2.05, 4.69) is 26.0 Å². The second-order valence-electron chi connectivity index (χ2n) is 7.03. The number of rotatable bonds is 12. The van der Waals surface area contributed by atoms with Gasteiger partial charge in [-0.1, -0.05) is 77.4 Å². The van der Waals surface area contributed by atoms with Gasteiger partial charge in [-0.25, -0.2) is 0 Å². The highest BCUT2D eigenvalue weighted by Crippen LogP contribution is 2.33. The standard InChI is InChI=1S/C20H36O2/c1-3-5-7-9-11-17-13-15-18(16-14-17)19(20(21)22)12-10-8-6-4-2/h13,15,17-19H,3-12,14,16H2,1-2H3,(H,21,22). The van der Waals surface area contributed by atoms with Gasteiger partial charge < -0.3 is 5.11 Å². The number of unbranched alkanes of at least 4 members (excludes halogenated alkanes) is 6. The Morgan fingerprint density at radius 1 is 1.00 bits per heavy atom. The third-order valence-electron chi connectivity index (χ3n) is 5.13. The molecular weight excluding hydrogens is 272 g/mol. The fraction of sp³-hybridized carbons (Fsp3) is 0.850. The minimum atomic E-state index is -0.590. The van der Waals surface area contributed by atoms with Gasteiger partial charge >= 0.3 is 5.97 Å². The van der Waals surface area contributed by atoms with Crippen molar-refractivity contribution in [3.63, 3.8) is 0 Å². The zero-order valence-electron chi connectivity index (χ0n) is 14.7. The second kappa shape index (κ2) is 11.7. The maximum atomic E-state index is 11.6. The van der Waals surface area contributed by atoms with Crippen molar-refractivity contribution in [2.24, 2.45) is 17.8 Å². The van der Waals surface area contributed by atoms with Crippen LogP contribution in [0.15, 0.2) is 12.2 Å². The van der Waals surface area contributed by atoms with Gasteiger partial charge in [0, 0.05) is 0 Å². The predicted molar refractivity (Wildman–Crippen MR) is 94.0 cm³/mol. The molecule has 3 atom stereocenters. The first kappa shape index (κ1) is 19.3. The van der Waals surface area contributed by atoms with Gasteiger partial charge in [-0.15, -0.1) is 0 Å². The number of carbonyl (C=O) groups is 1. The summed E-state index contributed by atoms with van der Waals surface area (Å²) in [5.74, 6) is 0.218. The first-order valence-electron chi connectivity index (χ1n) is 9.60. The van der Waals surface area contributed by atoms with E-state index in [1.807, 2.05) is 0 Å². The Hall–Kier alpha value is -0.790. The van der Waals surface area contributed by atoms with E-state index in [4.69, 9.17) is 0 Å². The average Bonchev–Trinajstić information content (AvgIpc) is 2.52. The van der Waals surface area contributed by atoms with E-state index >= 15 is 0 Å². The fourth-order valence-corrected chi connectivity index (χ4v) is 3.62.